The van der Waals surface area contributed by atoms with E-state index in [9.17, 15) is 0 Å². The van der Waals surface area contributed by atoms with Crippen LogP contribution in [-0.2, 0) is 0 Å². The van der Waals surface area contributed by atoms with Crippen LogP contribution in [0.2, 0.25) is 0 Å². The standard InChI is InChI=1S/C14H18N4O/c1-9(2)11-5-4-10(3)12(8-11)19-13-6-7-16-14(17-13)18-15/h4-9H,15H2,1-3H3,(H,16,17,18). The van der Waals surface area contributed by atoms with Crippen LogP contribution in [0, 0.1) is 6.92 Å². The van der Waals surface area contributed by atoms with Crippen LogP contribution in [0.1, 0.15) is 30.9 Å². The summed E-state index contributed by atoms with van der Waals surface area (Å²) in [5.41, 5.74) is 4.68. The lowest BCUT2D eigenvalue weighted by Gasteiger charge is -2.12. The lowest BCUT2D eigenvalue weighted by molar-refractivity contribution is 0.458. The maximum absolute atomic E-state index is 5.80. The van der Waals surface area contributed by atoms with Crippen LogP contribution >= 0.6 is 0 Å². The molecular formula is C14H18N4O. The van der Waals surface area contributed by atoms with Gasteiger partial charge in [-0.05, 0) is 30.0 Å². The van der Waals surface area contributed by atoms with Crippen LogP contribution in [-0.4, -0.2) is 9.97 Å². The van der Waals surface area contributed by atoms with E-state index < -0.39 is 0 Å². The second-order valence-corrected chi connectivity index (χ2v) is 4.64. The van der Waals surface area contributed by atoms with Gasteiger partial charge < -0.3 is 4.74 Å². The Morgan fingerprint density at radius 2 is 2.05 bits per heavy atom. The number of rotatable bonds is 4. The molecule has 100 valence electrons. The Hall–Kier alpha value is -2.14. The molecule has 2 aromatic rings. The number of hydrazine groups is 1. The summed E-state index contributed by atoms with van der Waals surface area (Å²) in [6, 6.07) is 7.90. The van der Waals surface area contributed by atoms with Crippen LogP contribution in [0.4, 0.5) is 5.95 Å². The predicted octanol–water partition coefficient (Wildman–Crippen LogP) is 2.99. The van der Waals surface area contributed by atoms with E-state index in [-0.39, 0.29) is 0 Å². The Bertz CT molecular complexity index is 569. The number of nitrogens with two attached hydrogens (primary N) is 1. The van der Waals surface area contributed by atoms with Crippen molar-refractivity contribution in [1.82, 2.24) is 9.97 Å². The Kier molecular flexibility index (Phi) is 3.97. The van der Waals surface area contributed by atoms with Gasteiger partial charge in [-0.2, -0.15) is 4.98 Å². The molecule has 0 aliphatic rings. The summed E-state index contributed by atoms with van der Waals surface area (Å²) < 4.78 is 5.80. The molecule has 0 atom stereocenters. The van der Waals surface area contributed by atoms with E-state index >= 15 is 0 Å². The van der Waals surface area contributed by atoms with Gasteiger partial charge in [0.25, 0.3) is 0 Å². The maximum atomic E-state index is 5.80. The van der Waals surface area contributed by atoms with E-state index in [0.717, 1.165) is 11.3 Å². The molecule has 0 bridgehead atoms. The molecular weight excluding hydrogens is 240 g/mol. The van der Waals surface area contributed by atoms with E-state index in [4.69, 9.17) is 10.6 Å². The van der Waals surface area contributed by atoms with Crippen molar-refractivity contribution in [1.29, 1.82) is 0 Å². The largest absolute Gasteiger partial charge is 0.439 e. The summed E-state index contributed by atoms with van der Waals surface area (Å²) >= 11 is 0. The van der Waals surface area contributed by atoms with Crippen LogP contribution in [0.3, 0.4) is 0 Å². The molecule has 5 heteroatoms. The Balaban J connectivity index is 2.29. The third kappa shape index (κ3) is 3.20. The molecule has 1 aromatic heterocycles. The van der Waals surface area contributed by atoms with Crippen molar-refractivity contribution in [3.63, 3.8) is 0 Å². The number of nitrogens with zero attached hydrogens (tertiary/aromatic N) is 2. The number of hydrogen-bond donors (Lipinski definition) is 2. The zero-order valence-corrected chi connectivity index (χ0v) is 11.3. The quantitative estimate of drug-likeness (QED) is 0.651. The maximum Gasteiger partial charge on any atom is 0.240 e. The highest BCUT2D eigenvalue weighted by atomic mass is 16.5. The van der Waals surface area contributed by atoms with Gasteiger partial charge in [-0.3, -0.25) is 5.43 Å². The minimum Gasteiger partial charge on any atom is -0.439 e. The molecule has 1 aromatic carbocycles. The Labute approximate surface area is 112 Å². The molecule has 3 N–H and O–H groups in total. The molecule has 0 aliphatic carbocycles. The summed E-state index contributed by atoms with van der Waals surface area (Å²) in [4.78, 5) is 8.07. The first kappa shape index (κ1) is 13.3. The van der Waals surface area contributed by atoms with E-state index in [0.29, 0.717) is 17.7 Å². The normalized spacial score (nSPS) is 10.6. The fourth-order valence-electron chi connectivity index (χ4n) is 1.67. The highest BCUT2D eigenvalue weighted by molar-refractivity contribution is 5.40. The highest BCUT2D eigenvalue weighted by Gasteiger charge is 2.07. The molecule has 5 nitrogen and oxygen atoms in total. The summed E-state index contributed by atoms with van der Waals surface area (Å²) in [6.45, 7) is 6.30. The minimum absolute atomic E-state index is 0.329. The second kappa shape index (κ2) is 5.67. The van der Waals surface area contributed by atoms with Gasteiger partial charge in [-0.25, -0.2) is 10.8 Å². The lowest BCUT2D eigenvalue weighted by atomic mass is 10.0. The minimum atomic E-state index is 0.329. The van der Waals surface area contributed by atoms with E-state index in [1.54, 1.807) is 12.3 Å². The molecule has 1 heterocycles. The Morgan fingerprint density at radius 3 is 2.74 bits per heavy atom. The third-order valence-corrected chi connectivity index (χ3v) is 2.85. The molecule has 19 heavy (non-hydrogen) atoms. The third-order valence-electron chi connectivity index (χ3n) is 2.85. The molecule has 0 aliphatic heterocycles. The summed E-state index contributed by atoms with van der Waals surface area (Å²) in [6.07, 6.45) is 1.60. The first-order valence-electron chi connectivity index (χ1n) is 6.18. The SMILES string of the molecule is Cc1ccc(C(C)C)cc1Oc1ccnc(NN)n1. The monoisotopic (exact) mass is 258 g/mol. The fourth-order valence-corrected chi connectivity index (χ4v) is 1.67. The van der Waals surface area contributed by atoms with Crippen molar-refractivity contribution in [2.45, 2.75) is 26.7 Å². The van der Waals surface area contributed by atoms with Gasteiger partial charge in [0.2, 0.25) is 11.8 Å². The number of nitrogen functional groups attached to an aromatic ring is 1. The van der Waals surface area contributed by atoms with Crippen LogP contribution in [0.25, 0.3) is 0 Å². The summed E-state index contributed by atoms with van der Waals surface area (Å²) in [5.74, 6) is 7.32. The number of ether oxygens (including phenoxy) is 1. The Morgan fingerprint density at radius 1 is 1.26 bits per heavy atom. The van der Waals surface area contributed by atoms with Crippen LogP contribution in [0.5, 0.6) is 11.6 Å². The first-order chi connectivity index (χ1) is 9.10. The van der Waals surface area contributed by atoms with Crippen molar-refractivity contribution >= 4 is 5.95 Å². The predicted molar refractivity (Wildman–Crippen MR) is 75.2 cm³/mol. The van der Waals surface area contributed by atoms with Gasteiger partial charge in [0.05, 0.1) is 0 Å². The number of aryl methyl sites for hydroxylation is 1. The smallest absolute Gasteiger partial charge is 0.240 e. The molecule has 0 fully saturated rings. The highest BCUT2D eigenvalue weighted by Crippen LogP contribution is 2.27. The van der Waals surface area contributed by atoms with Gasteiger partial charge >= 0.3 is 0 Å². The number of nitrogens with one attached hydrogen (secondary N) is 1. The summed E-state index contributed by atoms with van der Waals surface area (Å²) in [5, 5.41) is 0. The van der Waals surface area contributed by atoms with Gasteiger partial charge in [0.15, 0.2) is 0 Å². The van der Waals surface area contributed by atoms with Crippen molar-refractivity contribution in [2.75, 3.05) is 5.43 Å². The molecule has 0 amide bonds. The number of anilines is 1. The number of benzene rings is 1. The molecule has 0 spiro atoms. The zero-order valence-electron chi connectivity index (χ0n) is 11.3. The van der Waals surface area contributed by atoms with Crippen LogP contribution in [0.15, 0.2) is 30.5 Å². The average molecular weight is 258 g/mol. The topological polar surface area (TPSA) is 73.1 Å². The molecule has 0 radical (unpaired) electrons. The van der Waals surface area contributed by atoms with Gasteiger partial charge in [-0.15, -0.1) is 0 Å². The van der Waals surface area contributed by atoms with Crippen molar-refractivity contribution in [2.24, 2.45) is 5.84 Å². The van der Waals surface area contributed by atoms with Gasteiger partial charge in [-0.1, -0.05) is 26.0 Å². The van der Waals surface area contributed by atoms with Crippen molar-refractivity contribution < 1.29 is 4.74 Å². The fraction of sp³-hybridized carbons (Fsp3) is 0.286. The molecule has 0 saturated carbocycles. The molecule has 0 saturated heterocycles. The van der Waals surface area contributed by atoms with E-state index in [1.165, 1.54) is 5.56 Å². The van der Waals surface area contributed by atoms with Gasteiger partial charge in [0.1, 0.15) is 5.75 Å². The number of aromatic nitrogens is 2. The molecule has 2 rings (SSSR count). The average Bonchev–Trinajstić information content (AvgIpc) is 2.41. The first-order valence-corrected chi connectivity index (χ1v) is 6.18. The summed E-state index contributed by atoms with van der Waals surface area (Å²) in [7, 11) is 0. The van der Waals surface area contributed by atoms with E-state index in [2.05, 4.69) is 35.3 Å². The van der Waals surface area contributed by atoms with Crippen molar-refractivity contribution in [3.8, 4) is 11.6 Å². The number of hydrogen-bond acceptors (Lipinski definition) is 5. The lowest BCUT2D eigenvalue weighted by Crippen LogP contribution is -2.10. The van der Waals surface area contributed by atoms with Crippen molar-refractivity contribution in [3.05, 3.63) is 41.6 Å². The van der Waals surface area contributed by atoms with Crippen LogP contribution < -0.4 is 16.0 Å². The van der Waals surface area contributed by atoms with Gasteiger partial charge in [0, 0.05) is 12.3 Å². The molecule has 0 unspecified atom stereocenters. The van der Waals surface area contributed by atoms with E-state index in [1.807, 2.05) is 19.1 Å². The zero-order chi connectivity index (χ0) is 13.8. The second-order valence-electron chi connectivity index (χ2n) is 4.64.